The van der Waals surface area contributed by atoms with Gasteiger partial charge in [-0.3, -0.25) is 4.79 Å². The number of rotatable bonds is 10. The first-order valence-corrected chi connectivity index (χ1v) is 10.7. The van der Waals surface area contributed by atoms with E-state index < -0.39 is 0 Å². The van der Waals surface area contributed by atoms with Crippen LogP contribution in [-0.4, -0.2) is 42.9 Å². The van der Waals surface area contributed by atoms with E-state index in [1.165, 1.54) is 0 Å². The Balaban J connectivity index is 1.56. The standard InChI is InChI=1S/C24H30N4O4/c1-6-28(16(2)3)19-10-8-18(9-11-19)25-22(29)13-14-23-26-24(27-32-23)17-7-12-20(30-4)21(15-17)31-5/h7-12,15-16H,6,13-14H2,1-5H3,(H,25,29). The molecule has 0 aliphatic rings. The summed E-state index contributed by atoms with van der Waals surface area (Å²) >= 11 is 0. The van der Waals surface area contributed by atoms with Crippen LogP contribution in [0.2, 0.25) is 0 Å². The molecule has 0 aliphatic carbocycles. The number of amides is 1. The van der Waals surface area contributed by atoms with Crippen LogP contribution >= 0.6 is 0 Å². The number of methoxy groups -OCH3 is 2. The number of hydrogen-bond acceptors (Lipinski definition) is 7. The molecule has 0 spiro atoms. The van der Waals surface area contributed by atoms with Gasteiger partial charge in [0.15, 0.2) is 11.5 Å². The number of aromatic nitrogens is 2. The summed E-state index contributed by atoms with van der Waals surface area (Å²) in [5, 5.41) is 6.92. The van der Waals surface area contributed by atoms with Crippen molar-refractivity contribution in [2.75, 3.05) is 31.0 Å². The Morgan fingerprint density at radius 2 is 1.81 bits per heavy atom. The molecule has 1 N–H and O–H groups in total. The van der Waals surface area contributed by atoms with Gasteiger partial charge in [0.05, 0.1) is 14.2 Å². The second-order valence-electron chi connectivity index (χ2n) is 7.56. The summed E-state index contributed by atoms with van der Waals surface area (Å²) in [6.45, 7) is 7.38. The summed E-state index contributed by atoms with van der Waals surface area (Å²) < 4.78 is 15.9. The average Bonchev–Trinajstić information content (AvgIpc) is 3.27. The number of nitrogens with zero attached hydrogens (tertiary/aromatic N) is 3. The summed E-state index contributed by atoms with van der Waals surface area (Å²) in [6.07, 6.45) is 0.587. The highest BCUT2D eigenvalue weighted by Gasteiger charge is 2.14. The molecule has 3 rings (SSSR count). The zero-order chi connectivity index (χ0) is 23.1. The highest BCUT2D eigenvalue weighted by Crippen LogP contribution is 2.31. The number of anilines is 2. The number of aryl methyl sites for hydroxylation is 1. The van der Waals surface area contributed by atoms with Crippen molar-refractivity contribution in [3.63, 3.8) is 0 Å². The van der Waals surface area contributed by atoms with Gasteiger partial charge < -0.3 is 24.2 Å². The van der Waals surface area contributed by atoms with E-state index in [1.54, 1.807) is 26.4 Å². The van der Waals surface area contributed by atoms with Crippen molar-refractivity contribution in [2.45, 2.75) is 39.7 Å². The molecule has 0 atom stereocenters. The minimum absolute atomic E-state index is 0.111. The molecular formula is C24H30N4O4. The fourth-order valence-corrected chi connectivity index (χ4v) is 3.48. The highest BCUT2D eigenvalue weighted by molar-refractivity contribution is 5.91. The van der Waals surface area contributed by atoms with Crippen LogP contribution in [0.3, 0.4) is 0 Å². The zero-order valence-corrected chi connectivity index (χ0v) is 19.2. The molecule has 0 saturated heterocycles. The van der Waals surface area contributed by atoms with E-state index >= 15 is 0 Å². The molecule has 0 fully saturated rings. The lowest BCUT2D eigenvalue weighted by molar-refractivity contribution is -0.116. The molecule has 0 saturated carbocycles. The van der Waals surface area contributed by atoms with E-state index in [-0.39, 0.29) is 12.3 Å². The maximum atomic E-state index is 12.4. The van der Waals surface area contributed by atoms with E-state index in [1.807, 2.05) is 30.3 Å². The number of carbonyl (C=O) groups is 1. The zero-order valence-electron chi connectivity index (χ0n) is 19.2. The first kappa shape index (κ1) is 23.1. The Hall–Kier alpha value is -3.55. The largest absolute Gasteiger partial charge is 0.493 e. The third kappa shape index (κ3) is 5.57. The second kappa shape index (κ2) is 10.7. The van der Waals surface area contributed by atoms with Crippen LogP contribution in [-0.2, 0) is 11.2 Å². The van der Waals surface area contributed by atoms with E-state index in [0.717, 1.165) is 23.5 Å². The molecule has 0 bridgehead atoms. The molecule has 32 heavy (non-hydrogen) atoms. The Morgan fingerprint density at radius 3 is 2.44 bits per heavy atom. The van der Waals surface area contributed by atoms with Crippen LogP contribution in [0.4, 0.5) is 11.4 Å². The van der Waals surface area contributed by atoms with E-state index in [9.17, 15) is 4.79 Å². The molecule has 1 amide bonds. The van der Waals surface area contributed by atoms with Crippen molar-refractivity contribution in [1.82, 2.24) is 10.1 Å². The maximum Gasteiger partial charge on any atom is 0.227 e. The minimum Gasteiger partial charge on any atom is -0.493 e. The minimum atomic E-state index is -0.111. The highest BCUT2D eigenvalue weighted by atomic mass is 16.5. The average molecular weight is 439 g/mol. The first-order valence-electron chi connectivity index (χ1n) is 10.7. The van der Waals surface area contributed by atoms with Gasteiger partial charge in [-0.15, -0.1) is 0 Å². The van der Waals surface area contributed by atoms with Crippen LogP contribution in [0.15, 0.2) is 47.0 Å². The summed E-state index contributed by atoms with van der Waals surface area (Å²) in [4.78, 5) is 19.0. The predicted octanol–water partition coefficient (Wildman–Crippen LogP) is 4.56. The van der Waals surface area contributed by atoms with Crippen LogP contribution in [0.1, 0.15) is 33.1 Å². The smallest absolute Gasteiger partial charge is 0.227 e. The third-order valence-electron chi connectivity index (χ3n) is 5.12. The summed E-state index contributed by atoms with van der Waals surface area (Å²) in [6, 6.07) is 13.7. The lowest BCUT2D eigenvalue weighted by Gasteiger charge is -2.27. The van der Waals surface area contributed by atoms with Crippen molar-refractivity contribution >= 4 is 17.3 Å². The number of benzene rings is 2. The molecule has 8 nitrogen and oxygen atoms in total. The van der Waals surface area contributed by atoms with Crippen molar-refractivity contribution < 1.29 is 18.8 Å². The Labute approximate surface area is 188 Å². The summed E-state index contributed by atoms with van der Waals surface area (Å²) in [5.74, 6) is 1.92. The SMILES string of the molecule is CCN(c1ccc(NC(=O)CCc2nc(-c3ccc(OC)c(OC)c3)no2)cc1)C(C)C. The molecular weight excluding hydrogens is 408 g/mol. The topological polar surface area (TPSA) is 89.7 Å². The fraction of sp³-hybridized carbons (Fsp3) is 0.375. The number of nitrogens with one attached hydrogen (secondary N) is 1. The first-order chi connectivity index (χ1) is 15.4. The molecule has 1 aromatic heterocycles. The summed E-state index contributed by atoms with van der Waals surface area (Å²) in [7, 11) is 3.15. The van der Waals surface area contributed by atoms with Gasteiger partial charge in [-0.1, -0.05) is 5.16 Å². The van der Waals surface area contributed by atoms with E-state index in [4.69, 9.17) is 14.0 Å². The van der Waals surface area contributed by atoms with Gasteiger partial charge in [0.25, 0.3) is 0 Å². The molecule has 0 unspecified atom stereocenters. The third-order valence-corrected chi connectivity index (χ3v) is 5.12. The van der Waals surface area contributed by atoms with Gasteiger partial charge in [-0.2, -0.15) is 4.98 Å². The number of ether oxygens (including phenoxy) is 2. The van der Waals surface area contributed by atoms with Crippen molar-refractivity contribution in [3.8, 4) is 22.9 Å². The van der Waals surface area contributed by atoms with Gasteiger partial charge in [0.2, 0.25) is 17.6 Å². The lowest BCUT2D eigenvalue weighted by atomic mass is 10.2. The normalized spacial score (nSPS) is 10.8. The van der Waals surface area contributed by atoms with Gasteiger partial charge in [0, 0.05) is 42.4 Å². The van der Waals surface area contributed by atoms with Gasteiger partial charge in [-0.25, -0.2) is 0 Å². The Bertz CT molecular complexity index is 1030. The van der Waals surface area contributed by atoms with E-state index in [2.05, 4.69) is 41.1 Å². The molecule has 1 heterocycles. The quantitative estimate of drug-likeness (QED) is 0.496. The molecule has 3 aromatic rings. The van der Waals surface area contributed by atoms with Crippen molar-refractivity contribution in [2.24, 2.45) is 0 Å². The Morgan fingerprint density at radius 1 is 1.09 bits per heavy atom. The lowest BCUT2D eigenvalue weighted by Crippen LogP contribution is -2.30. The second-order valence-corrected chi connectivity index (χ2v) is 7.56. The number of carbonyl (C=O) groups excluding carboxylic acids is 1. The molecule has 2 aromatic carbocycles. The van der Waals surface area contributed by atoms with Gasteiger partial charge in [-0.05, 0) is 63.2 Å². The molecule has 170 valence electrons. The molecule has 8 heteroatoms. The van der Waals surface area contributed by atoms with Crippen LogP contribution in [0, 0.1) is 0 Å². The predicted molar refractivity (Wildman–Crippen MR) is 124 cm³/mol. The van der Waals surface area contributed by atoms with Gasteiger partial charge >= 0.3 is 0 Å². The van der Waals surface area contributed by atoms with Crippen LogP contribution in [0.25, 0.3) is 11.4 Å². The van der Waals surface area contributed by atoms with E-state index in [0.29, 0.717) is 35.7 Å². The number of hydrogen-bond donors (Lipinski definition) is 1. The molecule has 0 aliphatic heterocycles. The van der Waals surface area contributed by atoms with Crippen molar-refractivity contribution in [1.29, 1.82) is 0 Å². The Kier molecular flexibility index (Phi) is 7.70. The summed E-state index contributed by atoms with van der Waals surface area (Å²) in [5.41, 5.74) is 2.63. The van der Waals surface area contributed by atoms with Gasteiger partial charge in [0.1, 0.15) is 0 Å². The van der Waals surface area contributed by atoms with Crippen LogP contribution in [0.5, 0.6) is 11.5 Å². The van der Waals surface area contributed by atoms with Crippen LogP contribution < -0.4 is 19.7 Å². The molecule has 0 radical (unpaired) electrons. The fourth-order valence-electron chi connectivity index (χ4n) is 3.48. The maximum absolute atomic E-state index is 12.4. The monoisotopic (exact) mass is 438 g/mol. The van der Waals surface area contributed by atoms with Crippen molar-refractivity contribution in [3.05, 3.63) is 48.4 Å².